The topological polar surface area (TPSA) is 9.23 Å². The Bertz CT molecular complexity index is 359. The molecule has 0 saturated heterocycles. The number of aryl methyl sites for hydroxylation is 1. The van der Waals surface area contributed by atoms with Crippen LogP contribution in [0.4, 0.5) is 0 Å². The zero-order valence-electron chi connectivity index (χ0n) is 14.9. The van der Waals surface area contributed by atoms with Gasteiger partial charge in [-0.15, -0.1) is 0 Å². The predicted molar refractivity (Wildman–Crippen MR) is 97.8 cm³/mol. The maximum absolute atomic E-state index is 5.83. The van der Waals surface area contributed by atoms with E-state index in [1.54, 1.807) is 0 Å². The molecular weight excluding hydrogens is 268 g/mol. The molecule has 0 bridgehead atoms. The monoisotopic (exact) mass is 304 g/mol. The molecule has 0 fully saturated rings. The molecule has 0 aromatic heterocycles. The van der Waals surface area contributed by atoms with Gasteiger partial charge in [-0.2, -0.15) is 0 Å². The van der Waals surface area contributed by atoms with Crippen LogP contribution in [0.5, 0.6) is 5.75 Å². The van der Waals surface area contributed by atoms with Crippen molar-refractivity contribution >= 4 is 0 Å². The smallest absolute Gasteiger partial charge is 0.122 e. The van der Waals surface area contributed by atoms with Crippen LogP contribution in [0.2, 0.25) is 0 Å². The Hall–Kier alpha value is -0.980. The summed E-state index contributed by atoms with van der Waals surface area (Å²) in [7, 11) is 0. The maximum atomic E-state index is 5.83. The Kier molecular flexibility index (Phi) is 11.8. The van der Waals surface area contributed by atoms with E-state index in [-0.39, 0.29) is 0 Å². The fourth-order valence-corrected chi connectivity index (χ4v) is 2.84. The third kappa shape index (κ3) is 9.87. The fraction of sp³-hybridized carbons (Fsp3) is 0.714. The number of hydrogen-bond acceptors (Lipinski definition) is 1. The van der Waals surface area contributed by atoms with Crippen molar-refractivity contribution in [1.82, 2.24) is 0 Å². The van der Waals surface area contributed by atoms with Gasteiger partial charge in [0, 0.05) is 0 Å². The van der Waals surface area contributed by atoms with E-state index in [0.717, 1.165) is 12.4 Å². The molecule has 0 heterocycles. The van der Waals surface area contributed by atoms with Crippen molar-refractivity contribution in [3.8, 4) is 5.75 Å². The molecule has 126 valence electrons. The molecule has 22 heavy (non-hydrogen) atoms. The van der Waals surface area contributed by atoms with Crippen LogP contribution in [0, 0.1) is 6.92 Å². The van der Waals surface area contributed by atoms with Crippen molar-refractivity contribution in [3.05, 3.63) is 29.8 Å². The van der Waals surface area contributed by atoms with Crippen LogP contribution in [0.1, 0.15) is 89.5 Å². The first-order valence-corrected chi connectivity index (χ1v) is 9.53. The van der Waals surface area contributed by atoms with Crippen molar-refractivity contribution in [2.75, 3.05) is 6.61 Å². The molecule has 0 atom stereocenters. The SMILES string of the molecule is CCCCCCCCCCCCCCOc1ccccc1C. The van der Waals surface area contributed by atoms with Gasteiger partial charge in [-0.25, -0.2) is 0 Å². The van der Waals surface area contributed by atoms with Crippen molar-refractivity contribution in [2.45, 2.75) is 90.9 Å². The van der Waals surface area contributed by atoms with Crippen LogP contribution < -0.4 is 4.74 Å². The van der Waals surface area contributed by atoms with Gasteiger partial charge in [-0.3, -0.25) is 0 Å². The lowest BCUT2D eigenvalue weighted by molar-refractivity contribution is 0.302. The highest BCUT2D eigenvalue weighted by Gasteiger charge is 1.97. The standard InChI is InChI=1S/C21H36O/c1-3-4-5-6-7-8-9-10-11-12-13-16-19-22-21-18-15-14-17-20(21)2/h14-15,17-18H,3-13,16,19H2,1-2H3. The van der Waals surface area contributed by atoms with Crippen molar-refractivity contribution < 1.29 is 4.74 Å². The number of rotatable bonds is 14. The van der Waals surface area contributed by atoms with Crippen LogP contribution in [0.25, 0.3) is 0 Å². The van der Waals surface area contributed by atoms with Crippen LogP contribution in [-0.2, 0) is 0 Å². The van der Waals surface area contributed by atoms with Crippen molar-refractivity contribution in [1.29, 1.82) is 0 Å². The lowest BCUT2D eigenvalue weighted by Gasteiger charge is -2.08. The average Bonchev–Trinajstić information content (AvgIpc) is 2.53. The van der Waals surface area contributed by atoms with Crippen LogP contribution in [-0.4, -0.2) is 6.61 Å². The molecule has 0 radical (unpaired) electrons. The maximum Gasteiger partial charge on any atom is 0.122 e. The van der Waals surface area contributed by atoms with Crippen LogP contribution >= 0.6 is 0 Å². The summed E-state index contributed by atoms with van der Waals surface area (Å²) in [6, 6.07) is 8.28. The highest BCUT2D eigenvalue weighted by molar-refractivity contribution is 5.31. The molecule has 1 aromatic rings. The Labute approximate surface area is 138 Å². The number of hydrogen-bond donors (Lipinski definition) is 0. The molecule has 0 saturated carbocycles. The molecular formula is C21H36O. The van der Waals surface area contributed by atoms with E-state index in [0.29, 0.717) is 0 Å². The first kappa shape index (κ1) is 19.1. The summed E-state index contributed by atoms with van der Waals surface area (Å²) in [6.45, 7) is 5.26. The molecule has 0 aliphatic heterocycles. The molecule has 1 heteroatoms. The predicted octanol–water partition coefficient (Wildman–Crippen LogP) is 7.07. The molecule has 0 aliphatic rings. The van der Waals surface area contributed by atoms with Gasteiger partial charge in [0.15, 0.2) is 0 Å². The van der Waals surface area contributed by atoms with E-state index in [1.165, 1.54) is 82.6 Å². The number of benzene rings is 1. The molecule has 1 nitrogen and oxygen atoms in total. The summed E-state index contributed by atoms with van der Waals surface area (Å²) in [5, 5.41) is 0. The van der Waals surface area contributed by atoms with Gasteiger partial charge in [0.25, 0.3) is 0 Å². The van der Waals surface area contributed by atoms with E-state index < -0.39 is 0 Å². The number of ether oxygens (including phenoxy) is 1. The summed E-state index contributed by atoms with van der Waals surface area (Å²) in [6.07, 6.45) is 16.7. The van der Waals surface area contributed by atoms with Crippen LogP contribution in [0.3, 0.4) is 0 Å². The van der Waals surface area contributed by atoms with E-state index in [9.17, 15) is 0 Å². The zero-order valence-corrected chi connectivity index (χ0v) is 14.9. The second kappa shape index (κ2) is 13.7. The largest absolute Gasteiger partial charge is 0.493 e. The minimum absolute atomic E-state index is 0.863. The lowest BCUT2D eigenvalue weighted by Crippen LogP contribution is -1.98. The fourth-order valence-electron chi connectivity index (χ4n) is 2.84. The second-order valence-corrected chi connectivity index (χ2v) is 6.50. The third-order valence-electron chi connectivity index (χ3n) is 4.35. The van der Waals surface area contributed by atoms with Gasteiger partial charge in [-0.1, -0.05) is 95.8 Å². The lowest BCUT2D eigenvalue weighted by atomic mass is 10.1. The molecule has 0 aliphatic carbocycles. The first-order valence-electron chi connectivity index (χ1n) is 9.53. The molecule has 0 spiro atoms. The minimum atomic E-state index is 0.863. The summed E-state index contributed by atoms with van der Waals surface area (Å²) in [5.41, 5.74) is 1.24. The Balaban J connectivity index is 1.81. The summed E-state index contributed by atoms with van der Waals surface area (Å²) in [4.78, 5) is 0. The third-order valence-corrected chi connectivity index (χ3v) is 4.35. The summed E-state index contributed by atoms with van der Waals surface area (Å²) < 4.78 is 5.83. The second-order valence-electron chi connectivity index (χ2n) is 6.50. The first-order chi connectivity index (χ1) is 10.8. The highest BCUT2D eigenvalue weighted by atomic mass is 16.5. The van der Waals surface area contributed by atoms with Gasteiger partial charge < -0.3 is 4.74 Å². The summed E-state index contributed by atoms with van der Waals surface area (Å²) >= 11 is 0. The number of unbranched alkanes of at least 4 members (excludes halogenated alkanes) is 11. The molecule has 0 amide bonds. The molecule has 1 rings (SSSR count). The Morgan fingerprint density at radius 1 is 0.682 bits per heavy atom. The van der Waals surface area contributed by atoms with E-state index in [2.05, 4.69) is 32.0 Å². The van der Waals surface area contributed by atoms with E-state index in [4.69, 9.17) is 4.74 Å². The molecule has 1 aromatic carbocycles. The normalized spacial score (nSPS) is 10.8. The summed E-state index contributed by atoms with van der Waals surface area (Å²) in [5.74, 6) is 1.05. The van der Waals surface area contributed by atoms with Crippen LogP contribution in [0.15, 0.2) is 24.3 Å². The molecule has 0 unspecified atom stereocenters. The van der Waals surface area contributed by atoms with E-state index >= 15 is 0 Å². The van der Waals surface area contributed by atoms with Gasteiger partial charge in [0.2, 0.25) is 0 Å². The number of para-hydroxylation sites is 1. The average molecular weight is 305 g/mol. The van der Waals surface area contributed by atoms with Crippen molar-refractivity contribution in [2.24, 2.45) is 0 Å². The van der Waals surface area contributed by atoms with Gasteiger partial charge in [-0.05, 0) is 25.0 Å². The Morgan fingerprint density at radius 3 is 1.73 bits per heavy atom. The zero-order chi connectivity index (χ0) is 15.9. The van der Waals surface area contributed by atoms with E-state index in [1.807, 2.05) is 6.07 Å². The highest BCUT2D eigenvalue weighted by Crippen LogP contribution is 2.17. The van der Waals surface area contributed by atoms with Crippen molar-refractivity contribution in [3.63, 3.8) is 0 Å². The van der Waals surface area contributed by atoms with Gasteiger partial charge in [0.1, 0.15) is 5.75 Å². The van der Waals surface area contributed by atoms with Gasteiger partial charge in [0.05, 0.1) is 6.61 Å². The quantitative estimate of drug-likeness (QED) is 0.334. The Morgan fingerprint density at radius 2 is 1.18 bits per heavy atom. The molecule has 0 N–H and O–H groups in total. The van der Waals surface area contributed by atoms with Gasteiger partial charge >= 0.3 is 0 Å². The minimum Gasteiger partial charge on any atom is -0.493 e.